The number of carbonyl (C=O) groups excluding carboxylic acids is 1. The maximum Gasteiger partial charge on any atom is 0.214 e. The molecule has 0 atom stereocenters. The van der Waals surface area contributed by atoms with Crippen LogP contribution in [0, 0.1) is 10.8 Å². The highest BCUT2D eigenvalue weighted by Crippen LogP contribution is 2.13. The van der Waals surface area contributed by atoms with Crippen LogP contribution >= 0.6 is 11.3 Å². The monoisotopic (exact) mass is 482 g/mol. The Hall–Kier alpha value is -3.73. The molecule has 2 aromatic heterocycles. The molecule has 0 unspecified atom stereocenters. The van der Waals surface area contributed by atoms with Crippen LogP contribution in [0.5, 0.6) is 0 Å². The number of aromatic nitrogens is 1. The molecule has 2 heterocycles. The Morgan fingerprint density at radius 3 is 2.38 bits per heavy atom. The van der Waals surface area contributed by atoms with E-state index in [1.165, 1.54) is 24.6 Å². The van der Waals surface area contributed by atoms with E-state index in [1.807, 2.05) is 17.7 Å². The van der Waals surface area contributed by atoms with Gasteiger partial charge in [0.15, 0.2) is 12.1 Å². The van der Waals surface area contributed by atoms with Gasteiger partial charge in [0.25, 0.3) is 0 Å². The Bertz CT molecular complexity index is 1060. The van der Waals surface area contributed by atoms with E-state index >= 15 is 0 Å². The van der Waals surface area contributed by atoms with Crippen LogP contribution < -0.4 is 11.5 Å². The average Bonchev–Trinajstić information content (AvgIpc) is 3.44. The summed E-state index contributed by atoms with van der Waals surface area (Å²) in [6.45, 7) is 2.33. The molecule has 34 heavy (non-hydrogen) atoms. The normalized spacial score (nSPS) is 10.2. The van der Waals surface area contributed by atoms with E-state index in [1.54, 1.807) is 42.5 Å². The van der Waals surface area contributed by atoms with Gasteiger partial charge in [0, 0.05) is 40.4 Å². The lowest BCUT2D eigenvalue weighted by Crippen LogP contribution is -2.20. The number of pyridine rings is 1. The molecule has 0 aliphatic rings. The number of hydrogen-bond acceptors (Lipinski definition) is 8. The number of nitrogens with zero attached hydrogens (tertiary/aromatic N) is 2. The lowest BCUT2D eigenvalue weighted by molar-refractivity contribution is 0.112. The van der Waals surface area contributed by atoms with Crippen LogP contribution in [-0.2, 0) is 11.3 Å². The predicted octanol–water partition coefficient (Wildman–Crippen LogP) is 3.19. The smallest absolute Gasteiger partial charge is 0.214 e. The molecule has 10 heteroatoms. The fraction of sp³-hybridized carbons (Fsp3) is 0.208. The molecule has 0 fully saturated rings. The topological polar surface area (TPSA) is 172 Å². The van der Waals surface area contributed by atoms with Crippen molar-refractivity contribution in [3.63, 3.8) is 0 Å². The van der Waals surface area contributed by atoms with Gasteiger partial charge in [-0.3, -0.25) is 20.6 Å². The minimum absolute atomic E-state index is 0.0560. The summed E-state index contributed by atoms with van der Waals surface area (Å²) in [7, 11) is 1.50. The van der Waals surface area contributed by atoms with Gasteiger partial charge in [0.1, 0.15) is 12.4 Å². The molecule has 0 aliphatic heterocycles. The summed E-state index contributed by atoms with van der Waals surface area (Å²) >= 11 is 1.48. The molecule has 0 aliphatic carbocycles. The van der Waals surface area contributed by atoms with Crippen molar-refractivity contribution >= 4 is 35.2 Å². The third-order valence-electron chi connectivity index (χ3n) is 4.05. The van der Waals surface area contributed by atoms with Crippen molar-refractivity contribution in [2.24, 2.45) is 16.5 Å². The van der Waals surface area contributed by atoms with Gasteiger partial charge in [-0.15, -0.1) is 0 Å². The summed E-state index contributed by atoms with van der Waals surface area (Å²) in [5, 5.41) is 27.9. The summed E-state index contributed by atoms with van der Waals surface area (Å²) in [5.74, 6) is 0.103. The van der Waals surface area contributed by atoms with Crippen LogP contribution in [0.25, 0.3) is 0 Å². The average molecular weight is 483 g/mol. The number of aliphatic imine (C=N–C) groups is 1. The highest BCUT2D eigenvalue weighted by atomic mass is 32.1. The Labute approximate surface area is 203 Å². The number of aliphatic hydroxyl groups is 1. The SMILES string of the molecule is CCCO.CN.N=C(N=C(N)c1ccccc1C(=N)OCc1ccc(C=O)cn1)c1ccsc1. The van der Waals surface area contributed by atoms with Crippen molar-refractivity contribution in [3.8, 4) is 0 Å². The number of nitrogens with one attached hydrogen (secondary N) is 2. The van der Waals surface area contributed by atoms with Crippen LogP contribution in [-0.4, -0.2) is 47.6 Å². The van der Waals surface area contributed by atoms with Crippen molar-refractivity contribution in [2.45, 2.75) is 20.0 Å². The van der Waals surface area contributed by atoms with Gasteiger partial charge in [-0.1, -0.05) is 25.1 Å². The summed E-state index contributed by atoms with van der Waals surface area (Å²) in [4.78, 5) is 18.9. The fourth-order valence-corrected chi connectivity index (χ4v) is 3.00. The van der Waals surface area contributed by atoms with Crippen molar-refractivity contribution < 1.29 is 14.6 Å². The Balaban J connectivity index is 0.000000872. The van der Waals surface area contributed by atoms with Gasteiger partial charge in [-0.05, 0) is 43.1 Å². The lowest BCUT2D eigenvalue weighted by Gasteiger charge is -2.11. The molecule has 3 aromatic rings. The second-order valence-corrected chi connectivity index (χ2v) is 7.23. The predicted molar refractivity (Wildman–Crippen MR) is 137 cm³/mol. The van der Waals surface area contributed by atoms with Crippen LogP contribution in [0.15, 0.2) is 64.4 Å². The first-order valence-electron chi connectivity index (χ1n) is 10.3. The van der Waals surface area contributed by atoms with Crippen molar-refractivity contribution in [2.75, 3.05) is 13.7 Å². The molecule has 7 N–H and O–H groups in total. The van der Waals surface area contributed by atoms with Gasteiger partial charge in [-0.25, -0.2) is 4.99 Å². The Morgan fingerprint density at radius 1 is 1.18 bits per heavy atom. The number of carbonyl (C=O) groups is 1. The molecule has 0 radical (unpaired) electrons. The summed E-state index contributed by atoms with van der Waals surface area (Å²) < 4.78 is 5.53. The third kappa shape index (κ3) is 9.02. The Kier molecular flexibility index (Phi) is 13.3. The lowest BCUT2D eigenvalue weighted by atomic mass is 10.1. The molecule has 1 aromatic carbocycles. The summed E-state index contributed by atoms with van der Waals surface area (Å²) in [6, 6.07) is 12.1. The van der Waals surface area contributed by atoms with Crippen LogP contribution in [0.3, 0.4) is 0 Å². The quantitative estimate of drug-likeness (QED) is 0.196. The molecule has 9 nitrogen and oxygen atoms in total. The van der Waals surface area contributed by atoms with E-state index in [9.17, 15) is 4.79 Å². The van der Waals surface area contributed by atoms with Gasteiger partial charge in [0.2, 0.25) is 5.90 Å². The van der Waals surface area contributed by atoms with E-state index in [0.29, 0.717) is 40.8 Å². The number of thiophene rings is 1. The number of aldehydes is 1. The van der Waals surface area contributed by atoms with Crippen LogP contribution in [0.2, 0.25) is 0 Å². The number of ether oxygens (including phenoxy) is 1. The molecular formula is C24H30N6O3S. The number of benzene rings is 1. The molecule has 3 rings (SSSR count). The highest BCUT2D eigenvalue weighted by molar-refractivity contribution is 7.08. The number of nitrogens with two attached hydrogens (primary N) is 2. The van der Waals surface area contributed by atoms with Crippen molar-refractivity contribution in [3.05, 3.63) is 87.4 Å². The van der Waals surface area contributed by atoms with Crippen LogP contribution in [0.1, 0.15) is 46.1 Å². The van der Waals surface area contributed by atoms with E-state index < -0.39 is 0 Å². The maximum absolute atomic E-state index is 10.7. The molecular weight excluding hydrogens is 452 g/mol. The summed E-state index contributed by atoms with van der Waals surface area (Å²) in [5.41, 5.74) is 13.3. The first kappa shape index (κ1) is 28.3. The standard InChI is InChI=1S/C20H17N5O2S.C3H8O.CH5N/c21-18(14-7-8-28-12-14)25-19(22)16-3-1-2-4-17(16)20(23)27-11-15-6-5-13(10-26)9-24-15;1-2-3-4;1-2/h1-10,12,23H,11H2,(H3,21,22,25);4H,2-3H2,1H3;2H2,1H3. The number of rotatable bonds is 7. The van der Waals surface area contributed by atoms with Crippen molar-refractivity contribution in [1.82, 2.24) is 4.98 Å². The largest absolute Gasteiger partial charge is 0.471 e. The molecule has 0 saturated carbocycles. The van der Waals surface area contributed by atoms with E-state index in [2.05, 4.69) is 15.7 Å². The third-order valence-corrected chi connectivity index (χ3v) is 4.73. The fourth-order valence-electron chi connectivity index (χ4n) is 2.36. The van der Waals surface area contributed by atoms with Gasteiger partial charge < -0.3 is 21.3 Å². The number of amidine groups is 2. The minimum Gasteiger partial charge on any atom is -0.471 e. The Morgan fingerprint density at radius 2 is 1.85 bits per heavy atom. The number of hydrogen-bond donors (Lipinski definition) is 5. The zero-order chi connectivity index (χ0) is 25.3. The summed E-state index contributed by atoms with van der Waals surface area (Å²) in [6.07, 6.45) is 3.04. The van der Waals surface area contributed by atoms with E-state index in [4.69, 9.17) is 26.4 Å². The van der Waals surface area contributed by atoms with Gasteiger partial charge >= 0.3 is 0 Å². The molecule has 0 spiro atoms. The maximum atomic E-state index is 10.7. The first-order valence-corrected chi connectivity index (χ1v) is 11.3. The van der Waals surface area contributed by atoms with E-state index in [-0.39, 0.29) is 24.2 Å². The molecule has 180 valence electrons. The minimum atomic E-state index is -0.0860. The highest BCUT2D eigenvalue weighted by Gasteiger charge is 2.13. The zero-order valence-corrected chi connectivity index (χ0v) is 20.0. The zero-order valence-electron chi connectivity index (χ0n) is 19.2. The second-order valence-electron chi connectivity index (χ2n) is 6.45. The second kappa shape index (κ2) is 16.0. The van der Waals surface area contributed by atoms with Crippen LogP contribution in [0.4, 0.5) is 0 Å². The van der Waals surface area contributed by atoms with Gasteiger partial charge in [-0.2, -0.15) is 11.3 Å². The molecule has 0 saturated heterocycles. The molecule has 0 amide bonds. The molecule has 0 bridgehead atoms. The van der Waals surface area contributed by atoms with Gasteiger partial charge in [0.05, 0.1) is 5.69 Å². The first-order chi connectivity index (χ1) is 16.5. The number of aliphatic hydroxyl groups excluding tert-OH is 1. The van der Waals surface area contributed by atoms with E-state index in [0.717, 1.165) is 6.42 Å². The van der Waals surface area contributed by atoms with Crippen molar-refractivity contribution in [1.29, 1.82) is 10.8 Å².